The first kappa shape index (κ1) is 13.3. The molecule has 1 aromatic heterocycles. The van der Waals surface area contributed by atoms with Crippen LogP contribution in [0.25, 0.3) is 0 Å². The van der Waals surface area contributed by atoms with Crippen LogP contribution in [0.4, 0.5) is 0 Å². The second-order valence-electron chi connectivity index (χ2n) is 5.13. The third-order valence-electron chi connectivity index (χ3n) is 3.25. The number of halogens is 1. The molecule has 0 amide bonds. The molecule has 0 aromatic carbocycles. The number of allylic oxidation sites excluding steroid dienone is 2. The lowest BCUT2D eigenvalue weighted by Crippen LogP contribution is -2.25. The normalized spacial score (nSPS) is 24.8. The molecule has 0 bridgehead atoms. The third-order valence-corrected chi connectivity index (χ3v) is 4.87. The Morgan fingerprint density at radius 3 is 2.94 bits per heavy atom. The van der Waals surface area contributed by atoms with Crippen molar-refractivity contribution in [2.24, 2.45) is 11.8 Å². The molecule has 2 rings (SSSR count). The maximum Gasteiger partial charge on any atom is 0.0701 e. The molecule has 1 aliphatic carbocycles. The van der Waals surface area contributed by atoms with E-state index in [1.54, 1.807) is 5.57 Å². The summed E-state index contributed by atoms with van der Waals surface area (Å²) in [4.78, 5) is 1.41. The van der Waals surface area contributed by atoms with E-state index in [1.165, 1.54) is 21.5 Å². The van der Waals surface area contributed by atoms with Gasteiger partial charge in [-0.2, -0.15) is 0 Å². The van der Waals surface area contributed by atoms with E-state index in [4.69, 9.17) is 0 Å². The summed E-state index contributed by atoms with van der Waals surface area (Å²) in [7, 11) is 0. The number of hydrogen-bond acceptors (Lipinski definition) is 2. The molecule has 1 aromatic rings. The van der Waals surface area contributed by atoms with E-state index in [1.807, 2.05) is 11.3 Å². The zero-order valence-corrected chi connectivity index (χ0v) is 12.9. The zero-order chi connectivity index (χ0) is 12.3. The third kappa shape index (κ3) is 4.23. The lowest BCUT2D eigenvalue weighted by molar-refractivity contribution is 0.382. The Balaban J connectivity index is 1.74. The molecule has 0 saturated heterocycles. The molecule has 1 aliphatic rings. The van der Waals surface area contributed by atoms with Crippen LogP contribution in [-0.2, 0) is 6.54 Å². The maximum absolute atomic E-state index is 3.59. The van der Waals surface area contributed by atoms with E-state index in [0.717, 1.165) is 24.9 Å². The van der Waals surface area contributed by atoms with Gasteiger partial charge in [0.2, 0.25) is 0 Å². The summed E-state index contributed by atoms with van der Waals surface area (Å²) in [5.41, 5.74) is 1.56. The molecular formula is C14H20BrNS. The van der Waals surface area contributed by atoms with Crippen molar-refractivity contribution in [1.82, 2.24) is 5.32 Å². The van der Waals surface area contributed by atoms with Crippen molar-refractivity contribution < 1.29 is 0 Å². The molecule has 2 unspecified atom stereocenters. The van der Waals surface area contributed by atoms with Crippen molar-refractivity contribution in [2.45, 2.75) is 33.2 Å². The summed E-state index contributed by atoms with van der Waals surface area (Å²) >= 11 is 5.32. The van der Waals surface area contributed by atoms with Crippen LogP contribution in [0.1, 0.15) is 31.6 Å². The minimum Gasteiger partial charge on any atom is -0.312 e. The van der Waals surface area contributed by atoms with E-state index in [0.29, 0.717) is 0 Å². The van der Waals surface area contributed by atoms with E-state index >= 15 is 0 Å². The van der Waals surface area contributed by atoms with E-state index in [2.05, 4.69) is 53.3 Å². The van der Waals surface area contributed by atoms with Gasteiger partial charge in [-0.15, -0.1) is 11.3 Å². The van der Waals surface area contributed by atoms with Gasteiger partial charge in [0.15, 0.2) is 0 Å². The first-order chi connectivity index (χ1) is 8.13. The Hall–Kier alpha value is -0.120. The smallest absolute Gasteiger partial charge is 0.0701 e. The molecule has 0 aliphatic heterocycles. The van der Waals surface area contributed by atoms with Gasteiger partial charge in [0.05, 0.1) is 3.79 Å². The Labute approximate surface area is 116 Å². The van der Waals surface area contributed by atoms with Crippen LogP contribution in [-0.4, -0.2) is 6.54 Å². The fraction of sp³-hybridized carbons (Fsp3) is 0.571. The van der Waals surface area contributed by atoms with Crippen LogP contribution in [0.15, 0.2) is 27.6 Å². The fourth-order valence-corrected chi connectivity index (χ4v) is 4.14. The molecule has 2 atom stereocenters. The van der Waals surface area contributed by atoms with Crippen LogP contribution in [0.5, 0.6) is 0 Å². The molecule has 17 heavy (non-hydrogen) atoms. The molecule has 0 saturated carbocycles. The molecular weight excluding hydrogens is 294 g/mol. The molecule has 0 fully saturated rings. The number of rotatable bonds is 4. The Kier molecular flexibility index (Phi) is 4.83. The van der Waals surface area contributed by atoms with Crippen LogP contribution >= 0.6 is 27.3 Å². The molecule has 0 radical (unpaired) electrons. The van der Waals surface area contributed by atoms with Gasteiger partial charge in [-0.25, -0.2) is 0 Å². The highest BCUT2D eigenvalue weighted by Gasteiger charge is 2.17. The van der Waals surface area contributed by atoms with E-state index in [9.17, 15) is 0 Å². The number of nitrogens with one attached hydrogen (secondary N) is 1. The molecule has 1 heterocycles. The van der Waals surface area contributed by atoms with Gasteiger partial charge in [-0.3, -0.25) is 0 Å². The molecule has 3 heteroatoms. The van der Waals surface area contributed by atoms with Crippen molar-refractivity contribution in [3.8, 4) is 0 Å². The van der Waals surface area contributed by atoms with Gasteiger partial charge in [-0.1, -0.05) is 18.6 Å². The zero-order valence-electron chi connectivity index (χ0n) is 10.5. The van der Waals surface area contributed by atoms with Crippen molar-refractivity contribution >= 4 is 27.3 Å². The largest absolute Gasteiger partial charge is 0.312 e. The van der Waals surface area contributed by atoms with Gasteiger partial charge in [0.1, 0.15) is 0 Å². The Bertz CT molecular complexity index is 397. The van der Waals surface area contributed by atoms with Crippen molar-refractivity contribution in [3.05, 3.63) is 32.4 Å². The van der Waals surface area contributed by atoms with Crippen molar-refractivity contribution in [3.63, 3.8) is 0 Å². The topological polar surface area (TPSA) is 12.0 Å². The standard InChI is InChI=1S/C14H20BrNS/c1-10-5-11(2)7-12(6-10)8-16-9-13-3-4-14(15)17-13/h3-5,10,12,16H,6-9H2,1-2H3. The summed E-state index contributed by atoms with van der Waals surface area (Å²) in [5, 5.41) is 3.59. The van der Waals surface area contributed by atoms with E-state index < -0.39 is 0 Å². The van der Waals surface area contributed by atoms with Gasteiger partial charge in [0.25, 0.3) is 0 Å². The minimum atomic E-state index is 0.756. The summed E-state index contributed by atoms with van der Waals surface area (Å²) in [6, 6.07) is 4.31. The van der Waals surface area contributed by atoms with Crippen LogP contribution in [0.3, 0.4) is 0 Å². The lowest BCUT2D eigenvalue weighted by Gasteiger charge is -2.25. The monoisotopic (exact) mass is 313 g/mol. The van der Waals surface area contributed by atoms with Gasteiger partial charge < -0.3 is 5.32 Å². The fourth-order valence-electron chi connectivity index (χ4n) is 2.69. The van der Waals surface area contributed by atoms with Crippen LogP contribution in [0.2, 0.25) is 0 Å². The van der Waals surface area contributed by atoms with Gasteiger partial charge >= 0.3 is 0 Å². The second kappa shape index (κ2) is 6.17. The van der Waals surface area contributed by atoms with Crippen molar-refractivity contribution in [1.29, 1.82) is 0 Å². The SMILES string of the molecule is CC1=CC(C)CC(CNCc2ccc(Br)s2)C1. The minimum absolute atomic E-state index is 0.756. The summed E-state index contributed by atoms with van der Waals surface area (Å²) in [6.45, 7) is 6.74. The maximum atomic E-state index is 3.59. The van der Waals surface area contributed by atoms with E-state index in [-0.39, 0.29) is 0 Å². The highest BCUT2D eigenvalue weighted by Crippen LogP contribution is 2.27. The highest BCUT2D eigenvalue weighted by atomic mass is 79.9. The summed E-state index contributed by atoms with van der Waals surface area (Å²) in [5.74, 6) is 1.57. The van der Waals surface area contributed by atoms with Crippen LogP contribution < -0.4 is 5.32 Å². The highest BCUT2D eigenvalue weighted by molar-refractivity contribution is 9.11. The molecule has 94 valence electrons. The predicted octanol–water partition coefficient (Wildman–Crippen LogP) is 4.59. The molecule has 1 nitrogen and oxygen atoms in total. The second-order valence-corrected chi connectivity index (χ2v) is 7.68. The Morgan fingerprint density at radius 2 is 2.29 bits per heavy atom. The quantitative estimate of drug-likeness (QED) is 0.801. The lowest BCUT2D eigenvalue weighted by atomic mass is 9.84. The summed E-state index contributed by atoms with van der Waals surface area (Å²) in [6.07, 6.45) is 5.02. The van der Waals surface area contributed by atoms with Crippen molar-refractivity contribution in [2.75, 3.05) is 6.54 Å². The Morgan fingerprint density at radius 1 is 1.47 bits per heavy atom. The van der Waals surface area contributed by atoms with Crippen LogP contribution in [0, 0.1) is 11.8 Å². The predicted molar refractivity (Wildman–Crippen MR) is 79.4 cm³/mol. The van der Waals surface area contributed by atoms with Gasteiger partial charge in [0, 0.05) is 11.4 Å². The number of thiophene rings is 1. The molecule has 0 spiro atoms. The first-order valence-electron chi connectivity index (χ1n) is 6.25. The van der Waals surface area contributed by atoms with Gasteiger partial charge in [-0.05, 0) is 66.2 Å². The molecule has 1 N–H and O–H groups in total. The number of hydrogen-bond donors (Lipinski definition) is 1. The average Bonchev–Trinajstić information content (AvgIpc) is 2.63. The first-order valence-corrected chi connectivity index (χ1v) is 7.86. The summed E-state index contributed by atoms with van der Waals surface area (Å²) < 4.78 is 1.22. The average molecular weight is 314 g/mol.